The Kier molecular flexibility index (Phi) is 5.20. The predicted molar refractivity (Wildman–Crippen MR) is 106 cm³/mol. The Hall–Kier alpha value is -2.63. The number of aryl methyl sites for hydroxylation is 1. The van der Waals surface area contributed by atoms with Crippen molar-refractivity contribution in [3.63, 3.8) is 0 Å². The summed E-state index contributed by atoms with van der Waals surface area (Å²) >= 11 is 0. The van der Waals surface area contributed by atoms with Crippen molar-refractivity contribution in [3.8, 4) is 5.75 Å². The summed E-state index contributed by atoms with van der Waals surface area (Å²) in [5, 5.41) is 7.39. The summed E-state index contributed by atoms with van der Waals surface area (Å²) in [5.74, 6) is 2.16. The van der Waals surface area contributed by atoms with Gasteiger partial charge in [-0.2, -0.15) is 5.10 Å². The molecule has 4 atom stereocenters. The van der Waals surface area contributed by atoms with Gasteiger partial charge in [0.15, 0.2) is 0 Å². The Balaban J connectivity index is 1.51. The van der Waals surface area contributed by atoms with Gasteiger partial charge in [-0.15, -0.1) is 0 Å². The second-order valence-electron chi connectivity index (χ2n) is 7.98. The molecule has 148 valence electrons. The van der Waals surface area contributed by atoms with Gasteiger partial charge in [0.1, 0.15) is 12.3 Å². The smallest absolute Gasteiger partial charge is 0.267 e. The quantitative estimate of drug-likeness (QED) is 0.864. The highest BCUT2D eigenvalue weighted by molar-refractivity contribution is 5.76. The normalized spacial score (nSPS) is 26.1. The van der Waals surface area contributed by atoms with Crippen molar-refractivity contribution in [2.75, 3.05) is 7.11 Å². The lowest BCUT2D eigenvalue weighted by Crippen LogP contribution is -2.59. The number of rotatable bonds is 5. The van der Waals surface area contributed by atoms with Crippen LogP contribution in [0.15, 0.2) is 41.2 Å². The van der Waals surface area contributed by atoms with Gasteiger partial charge in [0.25, 0.3) is 5.56 Å². The van der Waals surface area contributed by atoms with E-state index < -0.39 is 0 Å². The molecule has 6 heteroatoms. The first-order valence-corrected chi connectivity index (χ1v) is 10.0. The van der Waals surface area contributed by atoms with E-state index in [0.29, 0.717) is 17.8 Å². The van der Waals surface area contributed by atoms with Gasteiger partial charge < -0.3 is 10.1 Å². The molecule has 0 unspecified atom stereocenters. The maximum Gasteiger partial charge on any atom is 0.267 e. The molecule has 2 fully saturated rings. The monoisotopic (exact) mass is 381 g/mol. The van der Waals surface area contributed by atoms with Crippen molar-refractivity contribution in [2.45, 2.75) is 51.1 Å². The lowest BCUT2D eigenvalue weighted by Gasteiger charge is -2.55. The Morgan fingerprint density at radius 1 is 1.14 bits per heavy atom. The SMILES string of the molecule is COc1ccc([C@H]2[C@@H]3CCCC[C@@H]3[C@@H]2NC(=O)Cn2nc(C)ccc2=O)cc1. The second kappa shape index (κ2) is 7.78. The number of nitrogens with zero attached hydrogens (tertiary/aromatic N) is 2. The summed E-state index contributed by atoms with van der Waals surface area (Å²) < 4.78 is 6.52. The van der Waals surface area contributed by atoms with Crippen LogP contribution in [-0.2, 0) is 11.3 Å². The van der Waals surface area contributed by atoms with Crippen LogP contribution in [0.25, 0.3) is 0 Å². The topological polar surface area (TPSA) is 73.2 Å². The molecule has 2 aliphatic rings. The van der Waals surface area contributed by atoms with Crippen molar-refractivity contribution >= 4 is 5.91 Å². The average molecular weight is 381 g/mol. The lowest BCUT2D eigenvalue weighted by atomic mass is 9.53. The summed E-state index contributed by atoms with van der Waals surface area (Å²) in [5.41, 5.74) is 1.72. The van der Waals surface area contributed by atoms with E-state index in [1.165, 1.54) is 35.6 Å². The molecule has 1 heterocycles. The van der Waals surface area contributed by atoms with Crippen LogP contribution in [0.3, 0.4) is 0 Å². The third-order valence-electron chi connectivity index (χ3n) is 6.31. The van der Waals surface area contributed by atoms with E-state index in [2.05, 4.69) is 22.5 Å². The first kappa shape index (κ1) is 18.7. The minimum Gasteiger partial charge on any atom is -0.497 e. The summed E-state index contributed by atoms with van der Waals surface area (Å²) in [6, 6.07) is 11.4. The number of carbonyl (C=O) groups is 1. The Labute approximate surface area is 164 Å². The Morgan fingerprint density at radius 3 is 2.57 bits per heavy atom. The molecule has 1 amide bonds. The fourth-order valence-corrected chi connectivity index (χ4v) is 4.98. The molecule has 0 radical (unpaired) electrons. The molecule has 0 bridgehead atoms. The molecule has 28 heavy (non-hydrogen) atoms. The maximum atomic E-state index is 12.7. The Morgan fingerprint density at radius 2 is 1.86 bits per heavy atom. The highest BCUT2D eigenvalue weighted by Gasteiger charge is 2.51. The largest absolute Gasteiger partial charge is 0.497 e. The maximum absolute atomic E-state index is 12.7. The van der Waals surface area contributed by atoms with Crippen molar-refractivity contribution in [1.29, 1.82) is 0 Å². The predicted octanol–water partition coefficient (Wildman–Crippen LogP) is 2.65. The van der Waals surface area contributed by atoms with Gasteiger partial charge in [-0.05, 0) is 55.4 Å². The van der Waals surface area contributed by atoms with Crippen molar-refractivity contribution in [1.82, 2.24) is 15.1 Å². The molecule has 0 aliphatic heterocycles. The molecule has 4 rings (SSSR count). The number of ether oxygens (including phenoxy) is 1. The van der Waals surface area contributed by atoms with Crippen molar-refractivity contribution in [3.05, 3.63) is 58.0 Å². The summed E-state index contributed by atoms with van der Waals surface area (Å²) in [4.78, 5) is 24.7. The van der Waals surface area contributed by atoms with Crippen LogP contribution in [0.1, 0.15) is 42.9 Å². The van der Waals surface area contributed by atoms with Gasteiger partial charge >= 0.3 is 0 Å². The van der Waals surface area contributed by atoms with Gasteiger partial charge in [0.2, 0.25) is 5.91 Å². The molecule has 0 saturated heterocycles. The van der Waals surface area contributed by atoms with Crippen LogP contribution in [-0.4, -0.2) is 28.8 Å². The second-order valence-corrected chi connectivity index (χ2v) is 7.98. The van der Waals surface area contributed by atoms with E-state index in [9.17, 15) is 9.59 Å². The number of benzene rings is 1. The molecule has 2 saturated carbocycles. The van der Waals surface area contributed by atoms with Crippen LogP contribution in [0.2, 0.25) is 0 Å². The number of nitrogens with one attached hydrogen (secondary N) is 1. The van der Waals surface area contributed by atoms with Gasteiger partial charge in [0.05, 0.1) is 12.8 Å². The summed E-state index contributed by atoms with van der Waals surface area (Å²) in [6.07, 6.45) is 4.86. The highest BCUT2D eigenvalue weighted by atomic mass is 16.5. The molecule has 1 aromatic heterocycles. The minimum absolute atomic E-state index is 0.0380. The lowest BCUT2D eigenvalue weighted by molar-refractivity contribution is -0.125. The minimum atomic E-state index is -0.253. The molecule has 1 N–H and O–H groups in total. The number of fused-ring (bicyclic) bond motifs is 1. The van der Waals surface area contributed by atoms with E-state index in [0.717, 1.165) is 17.9 Å². The van der Waals surface area contributed by atoms with Crippen LogP contribution < -0.4 is 15.6 Å². The highest BCUT2D eigenvalue weighted by Crippen LogP contribution is 2.54. The summed E-state index contributed by atoms with van der Waals surface area (Å²) in [7, 11) is 1.67. The number of methoxy groups -OCH3 is 1. The van der Waals surface area contributed by atoms with Gasteiger partial charge in [-0.1, -0.05) is 25.0 Å². The zero-order valence-electron chi connectivity index (χ0n) is 16.4. The number of hydrogen-bond acceptors (Lipinski definition) is 4. The van der Waals surface area contributed by atoms with Crippen LogP contribution >= 0.6 is 0 Å². The average Bonchev–Trinajstić information content (AvgIpc) is 2.70. The molecule has 1 aromatic carbocycles. The van der Waals surface area contributed by atoms with Gasteiger partial charge in [0, 0.05) is 18.0 Å². The molecule has 2 aliphatic carbocycles. The molecular formula is C22H27N3O3. The molecule has 6 nitrogen and oxygen atoms in total. The van der Waals surface area contributed by atoms with E-state index >= 15 is 0 Å². The van der Waals surface area contributed by atoms with E-state index in [4.69, 9.17) is 4.74 Å². The van der Waals surface area contributed by atoms with E-state index in [1.807, 2.05) is 19.1 Å². The molecule has 2 aromatic rings. The fourth-order valence-electron chi connectivity index (χ4n) is 4.98. The number of hydrogen-bond donors (Lipinski definition) is 1. The molecule has 0 spiro atoms. The summed E-state index contributed by atoms with van der Waals surface area (Å²) in [6.45, 7) is 1.77. The number of carbonyl (C=O) groups excluding carboxylic acids is 1. The Bertz CT molecular complexity index is 906. The van der Waals surface area contributed by atoms with Crippen LogP contribution in [0.5, 0.6) is 5.75 Å². The first-order chi connectivity index (χ1) is 13.6. The van der Waals surface area contributed by atoms with Crippen LogP contribution in [0, 0.1) is 18.8 Å². The number of amides is 1. The van der Waals surface area contributed by atoms with Crippen molar-refractivity contribution in [2.24, 2.45) is 11.8 Å². The first-order valence-electron chi connectivity index (χ1n) is 10.0. The number of aromatic nitrogens is 2. The van der Waals surface area contributed by atoms with Crippen molar-refractivity contribution < 1.29 is 9.53 Å². The standard InChI is InChI=1S/C22H27N3O3/c1-14-7-12-20(27)25(24-14)13-19(26)23-22-18-6-4-3-5-17(18)21(22)15-8-10-16(28-2)11-9-15/h7-12,17-18,21-22H,3-6,13H2,1-2H3,(H,23,26)/t17-,18+,21+,22+/m1/s1. The zero-order chi connectivity index (χ0) is 19.7. The van der Waals surface area contributed by atoms with E-state index in [1.54, 1.807) is 13.2 Å². The fraction of sp³-hybridized carbons (Fsp3) is 0.500. The molecular weight excluding hydrogens is 354 g/mol. The third-order valence-corrected chi connectivity index (χ3v) is 6.31. The van der Waals surface area contributed by atoms with Gasteiger partial charge in [-0.25, -0.2) is 4.68 Å². The van der Waals surface area contributed by atoms with Crippen LogP contribution in [0.4, 0.5) is 0 Å². The third kappa shape index (κ3) is 3.55. The zero-order valence-corrected chi connectivity index (χ0v) is 16.4. The van der Waals surface area contributed by atoms with E-state index in [-0.39, 0.29) is 24.1 Å². The van der Waals surface area contributed by atoms with Gasteiger partial charge in [-0.3, -0.25) is 9.59 Å².